The molecule has 0 aliphatic carbocycles. The van der Waals surface area contributed by atoms with Crippen molar-refractivity contribution in [3.63, 3.8) is 0 Å². The third-order valence-corrected chi connectivity index (χ3v) is 5.81. The molecule has 1 atom stereocenters. The van der Waals surface area contributed by atoms with Crippen LogP contribution in [0.2, 0.25) is 0 Å². The smallest absolute Gasteiger partial charge is 0.263 e. The van der Waals surface area contributed by atoms with Crippen LogP contribution in [-0.4, -0.2) is 52.3 Å². The van der Waals surface area contributed by atoms with Gasteiger partial charge in [-0.25, -0.2) is 8.42 Å². The Kier molecular flexibility index (Phi) is 5.79. The number of carbonyl (C=O) groups is 1. The van der Waals surface area contributed by atoms with Gasteiger partial charge in [-0.2, -0.15) is 0 Å². The molecule has 1 aliphatic heterocycles. The predicted molar refractivity (Wildman–Crippen MR) is 107 cm³/mol. The first kappa shape index (κ1) is 20.0. The lowest BCUT2D eigenvalue weighted by Gasteiger charge is -2.23. The average Bonchev–Trinajstić information content (AvgIpc) is 2.87. The fraction of sp³-hybridized carbons (Fsp3) is 0.350. The molecule has 0 aromatic heterocycles. The summed E-state index contributed by atoms with van der Waals surface area (Å²) in [6, 6.07) is 14.4. The number of nitrogens with zero attached hydrogens (tertiary/aromatic N) is 2. The van der Waals surface area contributed by atoms with Gasteiger partial charge >= 0.3 is 0 Å². The summed E-state index contributed by atoms with van der Waals surface area (Å²) in [4.78, 5) is 14.5. The van der Waals surface area contributed by atoms with Crippen molar-refractivity contribution in [2.45, 2.75) is 19.1 Å². The molecule has 0 saturated carbocycles. The van der Waals surface area contributed by atoms with Crippen LogP contribution >= 0.6 is 0 Å². The lowest BCUT2D eigenvalue weighted by molar-refractivity contribution is -0.138. The van der Waals surface area contributed by atoms with E-state index in [-0.39, 0.29) is 18.9 Å². The number of methoxy groups -OCH3 is 1. The van der Waals surface area contributed by atoms with Crippen molar-refractivity contribution in [1.29, 1.82) is 0 Å². The molecule has 8 heteroatoms. The van der Waals surface area contributed by atoms with Gasteiger partial charge in [0.2, 0.25) is 10.0 Å². The lowest BCUT2D eigenvalue weighted by atomic mass is 10.1. The maximum absolute atomic E-state index is 13.0. The molecule has 28 heavy (non-hydrogen) atoms. The highest BCUT2D eigenvalue weighted by Gasteiger charge is 2.32. The van der Waals surface area contributed by atoms with Crippen LogP contribution in [0.1, 0.15) is 12.0 Å². The summed E-state index contributed by atoms with van der Waals surface area (Å²) < 4.78 is 36.7. The van der Waals surface area contributed by atoms with E-state index < -0.39 is 16.1 Å². The molecule has 0 spiro atoms. The third-order valence-electron chi connectivity index (χ3n) is 4.63. The number of rotatable bonds is 5. The molecule has 0 N–H and O–H groups in total. The van der Waals surface area contributed by atoms with Gasteiger partial charge in [0.05, 0.1) is 19.1 Å². The van der Waals surface area contributed by atoms with Crippen LogP contribution < -0.4 is 13.8 Å². The van der Waals surface area contributed by atoms with Crippen molar-refractivity contribution >= 4 is 21.6 Å². The average molecular weight is 404 g/mol. The number of ether oxygens (including phenoxy) is 2. The molecule has 0 saturated heterocycles. The van der Waals surface area contributed by atoms with E-state index in [4.69, 9.17) is 9.47 Å². The Morgan fingerprint density at radius 1 is 1.21 bits per heavy atom. The number of para-hydroxylation sites is 2. The van der Waals surface area contributed by atoms with Crippen LogP contribution in [0.3, 0.4) is 0 Å². The van der Waals surface area contributed by atoms with Gasteiger partial charge in [0, 0.05) is 26.6 Å². The molecule has 1 heterocycles. The van der Waals surface area contributed by atoms with Crippen LogP contribution in [0.15, 0.2) is 48.5 Å². The van der Waals surface area contributed by atoms with E-state index in [1.165, 1.54) is 4.31 Å². The van der Waals surface area contributed by atoms with Gasteiger partial charge in [-0.15, -0.1) is 0 Å². The first-order chi connectivity index (χ1) is 13.3. The molecule has 2 aromatic carbocycles. The van der Waals surface area contributed by atoms with Crippen molar-refractivity contribution < 1.29 is 22.7 Å². The first-order valence-electron chi connectivity index (χ1n) is 8.91. The minimum Gasteiger partial charge on any atom is -0.497 e. The summed E-state index contributed by atoms with van der Waals surface area (Å²) in [6.07, 6.45) is 0.672. The van der Waals surface area contributed by atoms with E-state index >= 15 is 0 Å². The molecule has 1 amide bonds. The standard InChI is InChI=1S/C20H24N2O5S/c1-21(14-15-8-10-16(26-2)11-9-15)20(23)19-12-13-22(28(3,24)25)17-6-4-5-7-18(17)27-19/h4-11,19H,12-14H2,1-3H3/t19-/m0/s1. The zero-order valence-electron chi connectivity index (χ0n) is 16.2. The van der Waals surface area contributed by atoms with E-state index in [9.17, 15) is 13.2 Å². The number of sulfonamides is 1. The van der Waals surface area contributed by atoms with Crippen molar-refractivity contribution in [3.05, 3.63) is 54.1 Å². The molecule has 0 fully saturated rings. The second-order valence-corrected chi connectivity index (χ2v) is 8.65. The lowest BCUT2D eigenvalue weighted by Crippen LogP contribution is -2.40. The number of likely N-dealkylation sites (N-methyl/N-ethyl adjacent to an activating group) is 1. The van der Waals surface area contributed by atoms with Crippen LogP contribution in [0.5, 0.6) is 11.5 Å². The zero-order chi connectivity index (χ0) is 20.3. The summed E-state index contributed by atoms with van der Waals surface area (Å²) in [5.41, 5.74) is 1.42. The van der Waals surface area contributed by atoms with Crippen LogP contribution in [0.4, 0.5) is 5.69 Å². The van der Waals surface area contributed by atoms with Gasteiger partial charge in [0.15, 0.2) is 6.10 Å². The first-order valence-corrected chi connectivity index (χ1v) is 10.8. The number of anilines is 1. The van der Waals surface area contributed by atoms with E-state index in [1.54, 1.807) is 43.3 Å². The van der Waals surface area contributed by atoms with Gasteiger partial charge < -0.3 is 14.4 Å². The normalized spacial score (nSPS) is 16.5. The van der Waals surface area contributed by atoms with Gasteiger partial charge in [-0.1, -0.05) is 24.3 Å². The molecular weight excluding hydrogens is 380 g/mol. The minimum absolute atomic E-state index is 0.183. The van der Waals surface area contributed by atoms with Crippen LogP contribution in [0, 0.1) is 0 Å². The van der Waals surface area contributed by atoms with E-state index in [1.807, 2.05) is 24.3 Å². The largest absolute Gasteiger partial charge is 0.497 e. The molecule has 2 aromatic rings. The van der Waals surface area contributed by atoms with Crippen molar-refractivity contribution in [1.82, 2.24) is 4.90 Å². The second-order valence-electron chi connectivity index (χ2n) is 6.74. The van der Waals surface area contributed by atoms with Gasteiger partial charge in [-0.05, 0) is 29.8 Å². The number of benzene rings is 2. The molecule has 3 rings (SSSR count). The Labute approximate surface area is 165 Å². The third kappa shape index (κ3) is 4.39. The molecule has 150 valence electrons. The van der Waals surface area contributed by atoms with Gasteiger partial charge in [0.1, 0.15) is 11.5 Å². The van der Waals surface area contributed by atoms with Gasteiger partial charge in [-0.3, -0.25) is 9.10 Å². The molecule has 0 unspecified atom stereocenters. The fourth-order valence-electron chi connectivity index (χ4n) is 3.18. The highest BCUT2D eigenvalue weighted by molar-refractivity contribution is 7.92. The van der Waals surface area contributed by atoms with Gasteiger partial charge in [0.25, 0.3) is 5.91 Å². The second kappa shape index (κ2) is 8.10. The SMILES string of the molecule is COc1ccc(CN(C)C(=O)[C@@H]2CCN(S(C)(=O)=O)c3ccccc3O2)cc1. The fourth-order valence-corrected chi connectivity index (χ4v) is 4.12. The van der Waals surface area contributed by atoms with E-state index in [0.29, 0.717) is 18.0 Å². The predicted octanol–water partition coefficient (Wildman–Crippen LogP) is 2.27. The summed E-state index contributed by atoms with van der Waals surface area (Å²) in [5, 5.41) is 0. The molecule has 1 aliphatic rings. The number of fused-ring (bicyclic) bond motifs is 1. The zero-order valence-corrected chi connectivity index (χ0v) is 17.0. The Morgan fingerprint density at radius 2 is 1.89 bits per heavy atom. The van der Waals surface area contributed by atoms with Crippen molar-refractivity contribution in [2.24, 2.45) is 0 Å². The maximum Gasteiger partial charge on any atom is 0.263 e. The topological polar surface area (TPSA) is 76.2 Å². The number of amides is 1. The van der Waals surface area contributed by atoms with Crippen LogP contribution in [0.25, 0.3) is 0 Å². The molecule has 7 nitrogen and oxygen atoms in total. The number of hydrogen-bond donors (Lipinski definition) is 0. The quantitative estimate of drug-likeness (QED) is 0.764. The Balaban J connectivity index is 1.77. The highest BCUT2D eigenvalue weighted by Crippen LogP contribution is 2.34. The monoisotopic (exact) mass is 404 g/mol. The summed E-state index contributed by atoms with van der Waals surface area (Å²) in [7, 11) is -0.158. The minimum atomic E-state index is -3.47. The molecular formula is C20H24N2O5S. The Hall–Kier alpha value is -2.74. The van der Waals surface area contributed by atoms with Crippen LogP contribution in [-0.2, 0) is 21.4 Å². The summed E-state index contributed by atoms with van der Waals surface area (Å²) in [6.45, 7) is 0.600. The molecule has 0 radical (unpaired) electrons. The number of carbonyl (C=O) groups excluding carboxylic acids is 1. The molecule has 0 bridgehead atoms. The van der Waals surface area contributed by atoms with E-state index in [2.05, 4.69) is 0 Å². The number of hydrogen-bond acceptors (Lipinski definition) is 5. The van der Waals surface area contributed by atoms with Crippen molar-refractivity contribution in [3.8, 4) is 11.5 Å². The Morgan fingerprint density at radius 3 is 2.54 bits per heavy atom. The highest BCUT2D eigenvalue weighted by atomic mass is 32.2. The Bertz CT molecular complexity index is 943. The summed E-state index contributed by atoms with van der Waals surface area (Å²) in [5.74, 6) is 0.949. The summed E-state index contributed by atoms with van der Waals surface area (Å²) >= 11 is 0. The van der Waals surface area contributed by atoms with Crippen molar-refractivity contribution in [2.75, 3.05) is 31.3 Å². The van der Waals surface area contributed by atoms with E-state index in [0.717, 1.165) is 17.6 Å². The maximum atomic E-state index is 13.0.